The summed E-state index contributed by atoms with van der Waals surface area (Å²) in [5.74, 6) is 0.745. The van der Waals surface area contributed by atoms with Crippen LogP contribution in [0.5, 0.6) is 0 Å². The maximum Gasteiger partial charge on any atom is 0.244 e. The number of hydrogen-bond acceptors (Lipinski definition) is 3. The molecule has 0 fully saturated rings. The van der Waals surface area contributed by atoms with E-state index in [1.807, 2.05) is 36.1 Å². The van der Waals surface area contributed by atoms with Crippen molar-refractivity contribution in [3.8, 4) is 0 Å². The monoisotopic (exact) mass is 404 g/mol. The highest BCUT2D eigenvalue weighted by Gasteiger charge is 2.21. The highest BCUT2D eigenvalue weighted by atomic mass is 35.5. The average molecular weight is 405 g/mol. The van der Waals surface area contributed by atoms with Gasteiger partial charge in [0.15, 0.2) is 5.96 Å². The first-order valence-corrected chi connectivity index (χ1v) is 10.5. The number of aliphatic imine (C=N–C) groups is 1. The third kappa shape index (κ3) is 5.71. The number of rotatable bonds is 6. The third-order valence-corrected chi connectivity index (χ3v) is 5.77. The molecule has 0 aliphatic carbocycles. The van der Waals surface area contributed by atoms with Crippen LogP contribution in [0.4, 0.5) is 0 Å². The molecule has 2 aromatic rings. The van der Waals surface area contributed by atoms with E-state index in [1.165, 1.54) is 16.0 Å². The van der Waals surface area contributed by atoms with Crippen molar-refractivity contribution >= 4 is 34.8 Å². The first-order valence-electron chi connectivity index (χ1n) is 9.25. The molecule has 27 heavy (non-hydrogen) atoms. The molecule has 1 aromatic heterocycles. The Morgan fingerprint density at radius 1 is 1.26 bits per heavy atom. The molecule has 2 N–H and O–H groups in total. The van der Waals surface area contributed by atoms with Crippen LogP contribution < -0.4 is 10.6 Å². The van der Waals surface area contributed by atoms with Crippen LogP contribution in [-0.4, -0.2) is 42.9 Å². The van der Waals surface area contributed by atoms with Crippen LogP contribution in [-0.2, 0) is 24.2 Å². The molecule has 0 atom stereocenters. The lowest BCUT2D eigenvalue weighted by Crippen LogP contribution is -2.40. The molecular formula is C20H25ClN4OS. The number of nitrogens with one attached hydrogen (secondary N) is 2. The molecule has 0 bridgehead atoms. The maximum absolute atomic E-state index is 12.5. The van der Waals surface area contributed by atoms with Crippen molar-refractivity contribution < 1.29 is 4.79 Å². The standard InChI is InChI=1S/C20H25ClN4OS/c1-2-22-20(23-10-7-15-3-5-17(21)6-4-15)24-13-19(26)25-11-8-18-16(14-25)9-12-27-18/h3-6,9,12H,2,7-8,10-11,13-14H2,1H3,(H2,22,23,24). The van der Waals surface area contributed by atoms with Gasteiger partial charge in [-0.1, -0.05) is 23.7 Å². The molecule has 5 nitrogen and oxygen atoms in total. The Morgan fingerprint density at radius 3 is 2.85 bits per heavy atom. The largest absolute Gasteiger partial charge is 0.357 e. The molecule has 1 aliphatic rings. The predicted molar refractivity (Wildman–Crippen MR) is 113 cm³/mol. The molecule has 144 valence electrons. The van der Waals surface area contributed by atoms with Gasteiger partial charge >= 0.3 is 0 Å². The number of carbonyl (C=O) groups excluding carboxylic acids is 1. The van der Waals surface area contributed by atoms with Crippen molar-refractivity contribution in [2.24, 2.45) is 4.99 Å². The second-order valence-electron chi connectivity index (χ2n) is 6.43. The van der Waals surface area contributed by atoms with Gasteiger partial charge in [0.1, 0.15) is 6.54 Å². The molecule has 1 amide bonds. The highest BCUT2D eigenvalue weighted by molar-refractivity contribution is 7.10. The second-order valence-corrected chi connectivity index (χ2v) is 7.87. The van der Waals surface area contributed by atoms with E-state index in [4.69, 9.17) is 11.6 Å². The van der Waals surface area contributed by atoms with Crippen molar-refractivity contribution in [3.63, 3.8) is 0 Å². The minimum atomic E-state index is 0.0711. The van der Waals surface area contributed by atoms with E-state index in [-0.39, 0.29) is 12.5 Å². The molecule has 7 heteroatoms. The quantitative estimate of drug-likeness (QED) is 0.574. The Hall–Kier alpha value is -2.05. The molecule has 0 spiro atoms. The number of halogens is 1. The van der Waals surface area contributed by atoms with Crippen molar-refractivity contribution in [2.45, 2.75) is 26.3 Å². The van der Waals surface area contributed by atoms with Crippen LogP contribution in [0.2, 0.25) is 5.02 Å². The molecular weight excluding hydrogens is 380 g/mol. The lowest BCUT2D eigenvalue weighted by molar-refractivity contribution is -0.130. The lowest BCUT2D eigenvalue weighted by Gasteiger charge is -2.26. The van der Waals surface area contributed by atoms with Crippen molar-refractivity contribution in [1.82, 2.24) is 15.5 Å². The summed E-state index contributed by atoms with van der Waals surface area (Å²) < 4.78 is 0. The normalized spacial score (nSPS) is 14.0. The maximum atomic E-state index is 12.5. The van der Waals surface area contributed by atoms with Gasteiger partial charge in [0.05, 0.1) is 0 Å². The summed E-state index contributed by atoms with van der Waals surface area (Å²) in [6.07, 6.45) is 1.81. The number of nitrogens with zero attached hydrogens (tertiary/aromatic N) is 2. The Bertz CT molecular complexity index is 788. The molecule has 3 rings (SSSR count). The van der Waals surface area contributed by atoms with Gasteiger partial charge in [0.25, 0.3) is 0 Å². The van der Waals surface area contributed by atoms with Crippen LogP contribution in [0.25, 0.3) is 0 Å². The molecule has 1 aromatic carbocycles. The Morgan fingerprint density at radius 2 is 2.07 bits per heavy atom. The number of fused-ring (bicyclic) bond motifs is 1. The van der Waals surface area contributed by atoms with Gasteiger partial charge in [-0.2, -0.15) is 0 Å². The number of thiophene rings is 1. The van der Waals surface area contributed by atoms with Gasteiger partial charge in [0, 0.05) is 36.1 Å². The zero-order valence-electron chi connectivity index (χ0n) is 15.5. The summed E-state index contributed by atoms with van der Waals surface area (Å²) in [5.41, 5.74) is 2.48. The van der Waals surface area contributed by atoms with E-state index >= 15 is 0 Å². The summed E-state index contributed by atoms with van der Waals surface area (Å²) in [5, 5.41) is 9.33. The first kappa shape index (κ1) is 19.7. The van der Waals surface area contributed by atoms with Gasteiger partial charge < -0.3 is 15.5 Å². The average Bonchev–Trinajstić information content (AvgIpc) is 3.15. The summed E-state index contributed by atoms with van der Waals surface area (Å²) in [6.45, 7) is 5.15. The van der Waals surface area contributed by atoms with Gasteiger partial charge in [0.2, 0.25) is 5.91 Å². The molecule has 0 radical (unpaired) electrons. The molecule has 2 heterocycles. The minimum Gasteiger partial charge on any atom is -0.357 e. The van der Waals surface area contributed by atoms with Gasteiger partial charge in [-0.15, -0.1) is 11.3 Å². The fraction of sp³-hybridized carbons (Fsp3) is 0.400. The summed E-state index contributed by atoms with van der Waals surface area (Å²) in [6, 6.07) is 9.95. The SMILES string of the molecule is CCNC(=NCC(=O)N1CCc2sccc2C1)NCCc1ccc(Cl)cc1. The number of benzene rings is 1. The van der Waals surface area contributed by atoms with E-state index in [2.05, 4.69) is 27.1 Å². The summed E-state index contributed by atoms with van der Waals surface area (Å²) in [4.78, 5) is 20.3. The Labute approximate surface area is 169 Å². The lowest BCUT2D eigenvalue weighted by atomic mass is 10.1. The fourth-order valence-electron chi connectivity index (χ4n) is 3.03. The predicted octanol–water partition coefficient (Wildman–Crippen LogP) is 3.08. The third-order valence-electron chi connectivity index (χ3n) is 4.50. The zero-order valence-corrected chi connectivity index (χ0v) is 17.1. The van der Waals surface area contributed by atoms with Gasteiger partial charge in [-0.05, 0) is 54.5 Å². The topological polar surface area (TPSA) is 56.7 Å². The highest BCUT2D eigenvalue weighted by Crippen LogP contribution is 2.23. The Balaban J connectivity index is 1.49. The van der Waals surface area contributed by atoms with E-state index < -0.39 is 0 Å². The number of guanidine groups is 1. The first-order chi connectivity index (χ1) is 13.2. The van der Waals surface area contributed by atoms with Crippen LogP contribution >= 0.6 is 22.9 Å². The van der Waals surface area contributed by atoms with Crippen molar-refractivity contribution in [3.05, 3.63) is 56.7 Å². The number of carbonyl (C=O) groups is 1. The van der Waals surface area contributed by atoms with E-state index in [0.29, 0.717) is 12.5 Å². The van der Waals surface area contributed by atoms with E-state index in [9.17, 15) is 4.79 Å². The summed E-state index contributed by atoms with van der Waals surface area (Å²) in [7, 11) is 0. The molecule has 0 saturated carbocycles. The van der Waals surface area contributed by atoms with Gasteiger partial charge in [-0.25, -0.2) is 4.99 Å². The second kappa shape index (κ2) is 9.76. The van der Waals surface area contributed by atoms with Crippen LogP contribution in [0.3, 0.4) is 0 Å². The smallest absolute Gasteiger partial charge is 0.244 e. The number of amides is 1. The summed E-state index contributed by atoms with van der Waals surface area (Å²) >= 11 is 7.69. The van der Waals surface area contributed by atoms with E-state index in [0.717, 1.165) is 37.5 Å². The molecule has 0 unspecified atom stereocenters. The van der Waals surface area contributed by atoms with E-state index in [1.54, 1.807) is 11.3 Å². The number of hydrogen-bond donors (Lipinski definition) is 2. The Kier molecular flexibility index (Phi) is 7.12. The zero-order chi connectivity index (χ0) is 19.1. The molecule has 0 saturated heterocycles. The van der Waals surface area contributed by atoms with Crippen molar-refractivity contribution in [2.75, 3.05) is 26.2 Å². The van der Waals surface area contributed by atoms with Crippen LogP contribution in [0.15, 0.2) is 40.7 Å². The fourth-order valence-corrected chi connectivity index (χ4v) is 4.04. The van der Waals surface area contributed by atoms with Gasteiger partial charge in [-0.3, -0.25) is 4.79 Å². The minimum absolute atomic E-state index is 0.0711. The van der Waals surface area contributed by atoms with Crippen LogP contribution in [0, 0.1) is 0 Å². The van der Waals surface area contributed by atoms with Crippen molar-refractivity contribution in [1.29, 1.82) is 0 Å². The molecule has 1 aliphatic heterocycles. The van der Waals surface area contributed by atoms with Crippen LogP contribution in [0.1, 0.15) is 22.9 Å².